The van der Waals surface area contributed by atoms with Crippen LogP contribution >= 0.6 is 22.6 Å². The molecule has 0 heterocycles. The van der Waals surface area contributed by atoms with Crippen molar-refractivity contribution >= 4 is 33.4 Å². The van der Waals surface area contributed by atoms with Crippen molar-refractivity contribution in [1.82, 2.24) is 0 Å². The highest BCUT2D eigenvalue weighted by Gasteiger charge is 2.01. The number of rotatable bonds is 1. The molecule has 0 atom stereocenters. The van der Waals surface area contributed by atoms with Crippen LogP contribution in [0.1, 0.15) is 5.56 Å². The van der Waals surface area contributed by atoms with E-state index in [1.54, 1.807) is 0 Å². The molecular formula is C12H8IN. The third kappa shape index (κ3) is 1.73. The molecule has 0 aliphatic carbocycles. The van der Waals surface area contributed by atoms with E-state index in [2.05, 4.69) is 52.9 Å². The molecule has 0 saturated carbocycles. The van der Waals surface area contributed by atoms with Gasteiger partial charge in [-0.2, -0.15) is 5.26 Å². The number of halogens is 1. The fourth-order valence-electron chi connectivity index (χ4n) is 1.48. The van der Waals surface area contributed by atoms with E-state index >= 15 is 0 Å². The molecule has 2 rings (SSSR count). The Morgan fingerprint density at radius 2 is 1.79 bits per heavy atom. The van der Waals surface area contributed by atoms with Gasteiger partial charge in [0.05, 0.1) is 12.5 Å². The molecular weight excluding hydrogens is 285 g/mol. The first kappa shape index (κ1) is 9.47. The third-order valence-electron chi connectivity index (χ3n) is 2.18. The molecule has 0 fully saturated rings. The molecule has 2 aromatic rings. The van der Waals surface area contributed by atoms with Gasteiger partial charge in [0.15, 0.2) is 0 Å². The first-order valence-corrected chi connectivity index (χ1v) is 5.43. The lowest BCUT2D eigenvalue weighted by Gasteiger charge is -2.03. The predicted octanol–water partition coefficient (Wildman–Crippen LogP) is 3.51. The fraction of sp³-hybridized carbons (Fsp3) is 0.0833. The van der Waals surface area contributed by atoms with Gasteiger partial charge in [-0.05, 0) is 51.1 Å². The Hall–Kier alpha value is -1.08. The molecule has 0 aliphatic rings. The van der Waals surface area contributed by atoms with Gasteiger partial charge in [0.2, 0.25) is 0 Å². The van der Waals surface area contributed by atoms with E-state index in [-0.39, 0.29) is 0 Å². The van der Waals surface area contributed by atoms with Crippen molar-refractivity contribution in [3.63, 3.8) is 0 Å². The number of hydrogen-bond acceptors (Lipinski definition) is 1. The minimum absolute atomic E-state index is 0.489. The quantitative estimate of drug-likeness (QED) is 0.738. The van der Waals surface area contributed by atoms with E-state index in [1.807, 2.05) is 12.1 Å². The summed E-state index contributed by atoms with van der Waals surface area (Å²) in [5.74, 6) is 0. The van der Waals surface area contributed by atoms with Gasteiger partial charge >= 0.3 is 0 Å². The van der Waals surface area contributed by atoms with E-state index in [4.69, 9.17) is 5.26 Å². The monoisotopic (exact) mass is 293 g/mol. The Kier molecular flexibility index (Phi) is 2.69. The number of hydrogen-bond donors (Lipinski definition) is 0. The van der Waals surface area contributed by atoms with Crippen molar-refractivity contribution in [2.45, 2.75) is 6.42 Å². The van der Waals surface area contributed by atoms with Gasteiger partial charge < -0.3 is 0 Å². The van der Waals surface area contributed by atoms with Crippen molar-refractivity contribution in [3.8, 4) is 6.07 Å². The van der Waals surface area contributed by atoms with Crippen LogP contribution in [0.2, 0.25) is 0 Å². The van der Waals surface area contributed by atoms with Gasteiger partial charge in [-0.3, -0.25) is 0 Å². The van der Waals surface area contributed by atoms with E-state index in [9.17, 15) is 0 Å². The maximum absolute atomic E-state index is 8.66. The first-order valence-electron chi connectivity index (χ1n) is 4.35. The van der Waals surface area contributed by atoms with Crippen LogP contribution in [0, 0.1) is 14.9 Å². The normalized spacial score (nSPS) is 10.0. The highest BCUT2D eigenvalue weighted by Crippen LogP contribution is 2.21. The molecule has 2 heteroatoms. The van der Waals surface area contributed by atoms with Gasteiger partial charge in [-0.15, -0.1) is 0 Å². The van der Waals surface area contributed by atoms with E-state index in [1.165, 1.54) is 14.3 Å². The summed E-state index contributed by atoms with van der Waals surface area (Å²) in [5, 5.41) is 11.1. The average Bonchev–Trinajstić information content (AvgIpc) is 2.19. The summed E-state index contributed by atoms with van der Waals surface area (Å²) in [6.07, 6.45) is 0.489. The molecule has 0 aromatic heterocycles. The van der Waals surface area contributed by atoms with Gasteiger partial charge in [0.1, 0.15) is 0 Å². The second-order valence-corrected chi connectivity index (χ2v) is 4.29. The molecule has 0 N–H and O–H groups in total. The minimum atomic E-state index is 0.489. The molecule has 68 valence electrons. The summed E-state index contributed by atoms with van der Waals surface area (Å²) >= 11 is 2.28. The van der Waals surface area contributed by atoms with Crippen molar-refractivity contribution in [2.24, 2.45) is 0 Å². The Labute approximate surface area is 96.5 Å². The van der Waals surface area contributed by atoms with Crippen LogP contribution < -0.4 is 0 Å². The minimum Gasteiger partial charge on any atom is -0.198 e. The SMILES string of the molecule is N#CCc1cc2ccccc2cc1I. The lowest BCUT2D eigenvalue weighted by molar-refractivity contribution is 1.25. The lowest BCUT2D eigenvalue weighted by Crippen LogP contribution is -1.87. The molecule has 0 bridgehead atoms. The zero-order valence-corrected chi connectivity index (χ0v) is 9.65. The van der Waals surface area contributed by atoms with Gasteiger partial charge in [-0.1, -0.05) is 24.3 Å². The van der Waals surface area contributed by atoms with Crippen molar-refractivity contribution in [3.05, 3.63) is 45.5 Å². The van der Waals surface area contributed by atoms with Crippen molar-refractivity contribution < 1.29 is 0 Å². The summed E-state index contributed by atoms with van der Waals surface area (Å²) in [6.45, 7) is 0. The highest BCUT2D eigenvalue weighted by molar-refractivity contribution is 14.1. The molecule has 0 amide bonds. The lowest BCUT2D eigenvalue weighted by atomic mass is 10.1. The smallest absolute Gasteiger partial charge is 0.0670 e. The zero-order valence-electron chi connectivity index (χ0n) is 7.50. The second-order valence-electron chi connectivity index (χ2n) is 3.13. The van der Waals surface area contributed by atoms with E-state index in [0.29, 0.717) is 6.42 Å². The molecule has 0 aliphatic heterocycles. The van der Waals surface area contributed by atoms with Crippen LogP contribution in [0.3, 0.4) is 0 Å². The number of benzene rings is 2. The zero-order chi connectivity index (χ0) is 9.97. The number of nitriles is 1. The molecule has 0 spiro atoms. The number of fused-ring (bicyclic) bond motifs is 1. The van der Waals surface area contributed by atoms with Crippen LogP contribution in [0.25, 0.3) is 10.8 Å². The Morgan fingerprint density at radius 3 is 2.43 bits per heavy atom. The van der Waals surface area contributed by atoms with Crippen LogP contribution in [0.5, 0.6) is 0 Å². The average molecular weight is 293 g/mol. The summed E-state index contributed by atoms with van der Waals surface area (Å²) in [7, 11) is 0. The van der Waals surface area contributed by atoms with Crippen molar-refractivity contribution in [1.29, 1.82) is 5.26 Å². The maximum atomic E-state index is 8.66. The van der Waals surface area contributed by atoms with Gasteiger partial charge in [0.25, 0.3) is 0 Å². The van der Waals surface area contributed by atoms with Gasteiger partial charge in [-0.25, -0.2) is 0 Å². The Balaban J connectivity index is 2.66. The Morgan fingerprint density at radius 1 is 1.14 bits per heavy atom. The summed E-state index contributed by atoms with van der Waals surface area (Å²) < 4.78 is 1.17. The van der Waals surface area contributed by atoms with Crippen LogP contribution in [-0.2, 0) is 6.42 Å². The standard InChI is InChI=1S/C12H8IN/c13-12-8-10-4-2-1-3-9(10)7-11(12)5-6-14/h1-4,7-8H,5H2. The summed E-state index contributed by atoms with van der Waals surface area (Å²) in [5.41, 5.74) is 1.12. The first-order chi connectivity index (χ1) is 6.81. The Bertz CT molecular complexity index is 511. The van der Waals surface area contributed by atoms with E-state index < -0.39 is 0 Å². The molecule has 0 unspecified atom stereocenters. The molecule has 2 aromatic carbocycles. The second kappa shape index (κ2) is 3.97. The van der Waals surface area contributed by atoms with Crippen LogP contribution in [-0.4, -0.2) is 0 Å². The van der Waals surface area contributed by atoms with Crippen molar-refractivity contribution in [2.75, 3.05) is 0 Å². The largest absolute Gasteiger partial charge is 0.198 e. The summed E-state index contributed by atoms with van der Waals surface area (Å²) in [4.78, 5) is 0. The van der Waals surface area contributed by atoms with Crippen LogP contribution in [0.4, 0.5) is 0 Å². The fourth-order valence-corrected chi connectivity index (χ4v) is 2.16. The highest BCUT2D eigenvalue weighted by atomic mass is 127. The predicted molar refractivity (Wildman–Crippen MR) is 66.0 cm³/mol. The maximum Gasteiger partial charge on any atom is 0.0670 e. The van der Waals surface area contributed by atoms with Gasteiger partial charge in [0, 0.05) is 3.57 Å². The third-order valence-corrected chi connectivity index (χ3v) is 3.19. The summed E-state index contributed by atoms with van der Waals surface area (Å²) in [6, 6.07) is 14.6. The molecule has 0 radical (unpaired) electrons. The van der Waals surface area contributed by atoms with E-state index in [0.717, 1.165) is 5.56 Å². The topological polar surface area (TPSA) is 23.8 Å². The molecule has 0 saturated heterocycles. The van der Waals surface area contributed by atoms with Crippen LogP contribution in [0.15, 0.2) is 36.4 Å². The molecule has 1 nitrogen and oxygen atoms in total. The molecule has 14 heavy (non-hydrogen) atoms. The number of nitrogens with zero attached hydrogens (tertiary/aromatic N) is 1.